The van der Waals surface area contributed by atoms with Gasteiger partial charge >= 0.3 is 5.97 Å². The maximum Gasteiger partial charge on any atom is 0.331 e. The van der Waals surface area contributed by atoms with Gasteiger partial charge in [-0.15, -0.1) is 0 Å². The van der Waals surface area contributed by atoms with Gasteiger partial charge in [0.15, 0.2) is 0 Å². The predicted octanol–water partition coefficient (Wildman–Crippen LogP) is 5.60. The Labute approximate surface area is 131 Å². The number of ether oxygens (including phenoxy) is 1. The number of esters is 1. The molecule has 2 nitrogen and oxygen atoms in total. The van der Waals surface area contributed by atoms with Gasteiger partial charge in [-0.05, 0) is 78.4 Å². The average Bonchev–Trinajstić information content (AvgIpc) is 2.37. The number of rotatable bonds is 7. The molecule has 0 aliphatic carbocycles. The first-order valence-corrected chi connectivity index (χ1v) is 7.83. The van der Waals surface area contributed by atoms with Crippen molar-refractivity contribution in [3.05, 3.63) is 33.9 Å². The number of allylic oxidation sites excluding steroid dienone is 5. The van der Waals surface area contributed by atoms with Gasteiger partial charge in [0, 0.05) is 6.08 Å². The summed E-state index contributed by atoms with van der Waals surface area (Å²) in [5.74, 6) is 0.362. The summed E-state index contributed by atoms with van der Waals surface area (Å²) >= 11 is 0. The van der Waals surface area contributed by atoms with E-state index >= 15 is 0 Å². The van der Waals surface area contributed by atoms with Gasteiger partial charge in [-0.3, -0.25) is 0 Å². The molecule has 2 heteroatoms. The summed E-state index contributed by atoms with van der Waals surface area (Å²) in [5, 5.41) is 0. The van der Waals surface area contributed by atoms with E-state index in [-0.39, 0.29) is 5.97 Å². The third-order valence-corrected chi connectivity index (χ3v) is 4.02. The largest absolute Gasteiger partial charge is 0.463 e. The van der Waals surface area contributed by atoms with Crippen LogP contribution in [0.5, 0.6) is 0 Å². The molecule has 21 heavy (non-hydrogen) atoms. The van der Waals surface area contributed by atoms with Gasteiger partial charge in [0.1, 0.15) is 0 Å². The summed E-state index contributed by atoms with van der Waals surface area (Å²) < 4.78 is 4.96. The Bertz CT molecular complexity index is 446. The molecule has 0 aromatic carbocycles. The van der Waals surface area contributed by atoms with E-state index in [1.54, 1.807) is 6.08 Å². The van der Waals surface area contributed by atoms with Crippen LogP contribution in [-0.4, -0.2) is 12.6 Å². The zero-order valence-electron chi connectivity index (χ0n) is 15.1. The quantitative estimate of drug-likeness (QED) is 0.264. The molecule has 0 aliphatic heterocycles. The van der Waals surface area contributed by atoms with Crippen LogP contribution in [0.3, 0.4) is 0 Å². The van der Waals surface area contributed by atoms with E-state index in [1.807, 2.05) is 13.8 Å². The second-order valence-electron chi connectivity index (χ2n) is 6.28. The third-order valence-electron chi connectivity index (χ3n) is 4.02. The average molecular weight is 292 g/mol. The first-order chi connectivity index (χ1) is 9.68. The minimum Gasteiger partial charge on any atom is -0.463 e. The minimum atomic E-state index is -0.254. The topological polar surface area (TPSA) is 26.3 Å². The van der Waals surface area contributed by atoms with Gasteiger partial charge in [-0.25, -0.2) is 4.79 Å². The maximum atomic E-state index is 11.5. The molecule has 0 spiro atoms. The predicted molar refractivity (Wildman–Crippen MR) is 91.2 cm³/mol. The molecule has 0 amide bonds. The summed E-state index contributed by atoms with van der Waals surface area (Å²) in [7, 11) is 0. The molecule has 0 rings (SSSR count). The van der Waals surface area contributed by atoms with Crippen molar-refractivity contribution in [3.63, 3.8) is 0 Å². The monoisotopic (exact) mass is 292 g/mol. The van der Waals surface area contributed by atoms with E-state index in [9.17, 15) is 4.79 Å². The van der Waals surface area contributed by atoms with Crippen molar-refractivity contribution < 1.29 is 9.53 Å². The lowest BCUT2D eigenvalue weighted by molar-refractivity contribution is -0.137. The molecule has 0 fully saturated rings. The van der Waals surface area contributed by atoms with E-state index in [1.165, 1.54) is 22.3 Å². The van der Waals surface area contributed by atoms with Crippen LogP contribution in [0.15, 0.2) is 33.9 Å². The molecule has 1 unspecified atom stereocenters. The molecule has 0 aromatic heterocycles. The Morgan fingerprint density at radius 2 is 1.52 bits per heavy atom. The van der Waals surface area contributed by atoms with Gasteiger partial charge in [0.25, 0.3) is 0 Å². The minimum absolute atomic E-state index is 0.254. The molecule has 0 heterocycles. The summed E-state index contributed by atoms with van der Waals surface area (Å²) in [6.45, 7) is 17.3. The van der Waals surface area contributed by atoms with Crippen molar-refractivity contribution in [1.82, 2.24) is 0 Å². The highest BCUT2D eigenvalue weighted by atomic mass is 16.5. The Morgan fingerprint density at radius 1 is 1.00 bits per heavy atom. The number of carbonyl (C=O) groups is 1. The molecule has 0 saturated heterocycles. The van der Waals surface area contributed by atoms with Crippen molar-refractivity contribution in [2.24, 2.45) is 5.92 Å². The third kappa shape index (κ3) is 7.89. The standard InChI is InChI=1S/C19H32O2/c1-9-21-19(20)12-17(7)18(8)16(6)11-14(4)10-15(5)13(2)3/h12,14H,9-11H2,1-8H3/b17-12+,18-16+. The fourth-order valence-corrected chi connectivity index (χ4v) is 2.28. The van der Waals surface area contributed by atoms with Crippen LogP contribution in [0.2, 0.25) is 0 Å². The van der Waals surface area contributed by atoms with Gasteiger partial charge in [-0.2, -0.15) is 0 Å². The molecule has 0 radical (unpaired) electrons. The van der Waals surface area contributed by atoms with Crippen LogP contribution in [0, 0.1) is 5.92 Å². The van der Waals surface area contributed by atoms with E-state index in [0.717, 1.165) is 18.4 Å². The lowest BCUT2D eigenvalue weighted by atomic mass is 9.90. The van der Waals surface area contributed by atoms with Crippen molar-refractivity contribution >= 4 is 5.97 Å². The molecular weight excluding hydrogens is 260 g/mol. The number of hydrogen-bond acceptors (Lipinski definition) is 2. The zero-order valence-corrected chi connectivity index (χ0v) is 15.1. The molecule has 0 saturated carbocycles. The normalized spacial score (nSPS) is 14.4. The summed E-state index contributed by atoms with van der Waals surface area (Å²) in [5.41, 5.74) is 6.44. The first-order valence-electron chi connectivity index (χ1n) is 7.83. The highest BCUT2D eigenvalue weighted by Gasteiger charge is 2.09. The second-order valence-corrected chi connectivity index (χ2v) is 6.28. The molecule has 0 aromatic rings. The molecular formula is C19H32O2. The second kappa shape index (κ2) is 9.59. The molecule has 120 valence electrons. The Kier molecular flexibility index (Phi) is 9.00. The van der Waals surface area contributed by atoms with Crippen LogP contribution in [0.4, 0.5) is 0 Å². The van der Waals surface area contributed by atoms with Gasteiger partial charge in [0.2, 0.25) is 0 Å². The lowest BCUT2D eigenvalue weighted by Gasteiger charge is -2.16. The Balaban J connectivity index is 4.84. The Morgan fingerprint density at radius 3 is 2.00 bits per heavy atom. The molecule has 0 aliphatic rings. The van der Waals surface area contributed by atoms with E-state index in [2.05, 4.69) is 41.5 Å². The number of hydrogen-bond donors (Lipinski definition) is 0. The fourth-order valence-electron chi connectivity index (χ4n) is 2.28. The van der Waals surface area contributed by atoms with Crippen molar-refractivity contribution in [3.8, 4) is 0 Å². The highest BCUT2D eigenvalue weighted by Crippen LogP contribution is 2.24. The smallest absolute Gasteiger partial charge is 0.331 e. The molecule has 1 atom stereocenters. The zero-order chi connectivity index (χ0) is 16.6. The van der Waals surface area contributed by atoms with E-state index < -0.39 is 0 Å². The van der Waals surface area contributed by atoms with Gasteiger partial charge in [0.05, 0.1) is 6.61 Å². The lowest BCUT2D eigenvalue weighted by Crippen LogP contribution is -2.02. The van der Waals surface area contributed by atoms with Gasteiger partial charge in [-0.1, -0.05) is 23.6 Å². The van der Waals surface area contributed by atoms with Crippen LogP contribution in [0.1, 0.15) is 68.2 Å². The van der Waals surface area contributed by atoms with Crippen molar-refractivity contribution in [1.29, 1.82) is 0 Å². The summed E-state index contributed by atoms with van der Waals surface area (Å²) in [6, 6.07) is 0. The summed E-state index contributed by atoms with van der Waals surface area (Å²) in [6.07, 6.45) is 3.78. The van der Waals surface area contributed by atoms with Gasteiger partial charge < -0.3 is 4.74 Å². The van der Waals surface area contributed by atoms with E-state index in [0.29, 0.717) is 12.5 Å². The highest BCUT2D eigenvalue weighted by molar-refractivity contribution is 5.83. The fraction of sp³-hybridized carbons (Fsp3) is 0.632. The van der Waals surface area contributed by atoms with Crippen LogP contribution in [0.25, 0.3) is 0 Å². The van der Waals surface area contributed by atoms with E-state index in [4.69, 9.17) is 4.74 Å². The Hall–Kier alpha value is -1.31. The van der Waals surface area contributed by atoms with Crippen LogP contribution >= 0.6 is 0 Å². The molecule has 0 N–H and O–H groups in total. The van der Waals surface area contributed by atoms with Crippen LogP contribution in [-0.2, 0) is 9.53 Å². The maximum absolute atomic E-state index is 11.5. The van der Waals surface area contributed by atoms with Crippen molar-refractivity contribution in [2.45, 2.75) is 68.2 Å². The SMILES string of the molecule is CCOC(=O)/C=C(C)/C(C)=C(\C)CC(C)CC(C)=C(C)C. The first kappa shape index (κ1) is 19.7. The molecule has 0 bridgehead atoms. The van der Waals surface area contributed by atoms with Crippen LogP contribution < -0.4 is 0 Å². The summed E-state index contributed by atoms with van der Waals surface area (Å²) in [4.78, 5) is 11.5. The number of carbonyl (C=O) groups excluding carboxylic acids is 1. The van der Waals surface area contributed by atoms with Crippen molar-refractivity contribution in [2.75, 3.05) is 6.61 Å².